The predicted molar refractivity (Wildman–Crippen MR) is 148 cm³/mol. The zero-order chi connectivity index (χ0) is 28.2. The number of hydrogen-bond acceptors (Lipinski definition) is 7. The van der Waals surface area contributed by atoms with Crippen molar-refractivity contribution in [1.29, 1.82) is 0 Å². The molecule has 0 atom stereocenters. The van der Waals surface area contributed by atoms with E-state index in [4.69, 9.17) is 19.9 Å². The Labute approximate surface area is 231 Å². The number of nitrogens with zero attached hydrogens (tertiary/aromatic N) is 3. The van der Waals surface area contributed by atoms with E-state index in [0.717, 1.165) is 80.1 Å². The molecule has 0 amide bonds. The molecule has 210 valence electrons. The minimum absolute atomic E-state index is 0.00466. The molecule has 2 heterocycles. The maximum atomic E-state index is 13.6. The van der Waals surface area contributed by atoms with Gasteiger partial charge in [-0.3, -0.25) is 0 Å². The average molecular weight is 562 g/mol. The molecule has 0 radical (unpaired) electrons. The number of likely N-dealkylation sites (tertiary alicyclic amines) is 1. The predicted octanol–water partition coefficient (Wildman–Crippen LogP) is 5.17. The van der Waals surface area contributed by atoms with Gasteiger partial charge in [0.2, 0.25) is 0 Å². The van der Waals surface area contributed by atoms with Crippen molar-refractivity contribution >= 4 is 34.6 Å². The fraction of sp³-hybridized carbons (Fsp3) is 0.393. The number of carbonyl (C=O) groups is 2. The topological polar surface area (TPSA) is 103 Å². The third-order valence-electron chi connectivity index (χ3n) is 6.36. The van der Waals surface area contributed by atoms with Gasteiger partial charge in [-0.25, -0.2) is 23.4 Å². The Morgan fingerprint density at radius 1 is 1.10 bits per heavy atom. The second-order valence-corrected chi connectivity index (χ2v) is 10.1. The van der Waals surface area contributed by atoms with Crippen molar-refractivity contribution in [2.24, 2.45) is 4.99 Å². The molecule has 2 aliphatic heterocycles. The van der Waals surface area contributed by atoms with Crippen molar-refractivity contribution in [3.05, 3.63) is 71.8 Å². The number of fused-ring (bicyclic) bond motifs is 1. The molecule has 0 unspecified atom stereocenters. The van der Waals surface area contributed by atoms with Crippen molar-refractivity contribution in [2.45, 2.75) is 37.5 Å². The van der Waals surface area contributed by atoms with E-state index in [9.17, 15) is 18.4 Å². The molecular formula is C28H33F2N3O5S. The number of carboxylic acids is 2. The number of ether oxygens (including phenoxy) is 1. The van der Waals surface area contributed by atoms with Gasteiger partial charge >= 0.3 is 11.9 Å². The molecule has 0 saturated carbocycles. The molecule has 0 aromatic heterocycles. The van der Waals surface area contributed by atoms with Gasteiger partial charge in [0.25, 0.3) is 0 Å². The fourth-order valence-electron chi connectivity index (χ4n) is 4.24. The van der Waals surface area contributed by atoms with Crippen LogP contribution in [0.25, 0.3) is 0 Å². The maximum absolute atomic E-state index is 13.6. The summed E-state index contributed by atoms with van der Waals surface area (Å²) in [5.41, 5.74) is 2.41. The molecule has 39 heavy (non-hydrogen) atoms. The number of unbranched alkanes of at least 4 members (excludes halogenated alkanes) is 1. The van der Waals surface area contributed by atoms with Crippen LogP contribution in [0.3, 0.4) is 0 Å². The second-order valence-electron chi connectivity index (χ2n) is 9.14. The number of aliphatic imine (C=N–C) groups is 1. The molecule has 2 aromatic rings. The first-order chi connectivity index (χ1) is 18.7. The lowest BCUT2D eigenvalue weighted by molar-refractivity contribution is -0.134. The van der Waals surface area contributed by atoms with Gasteiger partial charge < -0.3 is 24.7 Å². The van der Waals surface area contributed by atoms with Gasteiger partial charge in [-0.2, -0.15) is 0 Å². The summed E-state index contributed by atoms with van der Waals surface area (Å²) in [5.74, 6) is -2.53. The van der Waals surface area contributed by atoms with Crippen LogP contribution in [0.5, 0.6) is 5.75 Å². The van der Waals surface area contributed by atoms with Gasteiger partial charge in [0.15, 0.2) is 16.7 Å². The number of hydrogen-bond donors (Lipinski definition) is 2. The Morgan fingerprint density at radius 2 is 1.79 bits per heavy atom. The first-order valence-electron chi connectivity index (χ1n) is 12.7. The van der Waals surface area contributed by atoms with E-state index in [1.807, 2.05) is 17.8 Å². The summed E-state index contributed by atoms with van der Waals surface area (Å²) in [7, 11) is 2.17. The third-order valence-corrected chi connectivity index (χ3v) is 7.45. The van der Waals surface area contributed by atoms with Gasteiger partial charge in [0.05, 0.1) is 12.3 Å². The quantitative estimate of drug-likeness (QED) is 0.320. The normalized spacial score (nSPS) is 15.6. The summed E-state index contributed by atoms with van der Waals surface area (Å²) in [6, 6.07) is 12.2. The van der Waals surface area contributed by atoms with E-state index in [1.54, 1.807) is 0 Å². The van der Waals surface area contributed by atoms with E-state index in [1.165, 1.54) is 5.56 Å². The molecule has 4 rings (SSSR count). The van der Waals surface area contributed by atoms with Crippen molar-refractivity contribution in [2.75, 3.05) is 33.3 Å². The van der Waals surface area contributed by atoms with E-state index < -0.39 is 23.6 Å². The van der Waals surface area contributed by atoms with Gasteiger partial charge in [-0.1, -0.05) is 30.0 Å². The molecule has 1 fully saturated rings. The lowest BCUT2D eigenvalue weighted by Gasteiger charge is -2.38. The highest BCUT2D eigenvalue weighted by Gasteiger charge is 2.26. The first kappa shape index (κ1) is 30.1. The van der Waals surface area contributed by atoms with Crippen LogP contribution in [0.2, 0.25) is 0 Å². The molecule has 1 saturated heterocycles. The summed E-state index contributed by atoms with van der Waals surface area (Å²) in [5, 5.41) is 16.7. The molecule has 2 aromatic carbocycles. The largest absolute Gasteiger partial charge is 0.490 e. The highest BCUT2D eigenvalue weighted by molar-refractivity contribution is 8.13. The number of rotatable bonds is 9. The molecule has 2 aliphatic rings. The minimum atomic E-state index is -1.26. The molecular weight excluding hydrogens is 528 g/mol. The monoisotopic (exact) mass is 561 g/mol. The molecule has 11 heteroatoms. The summed E-state index contributed by atoms with van der Waals surface area (Å²) in [6.45, 7) is 3.55. The van der Waals surface area contributed by atoms with Crippen LogP contribution < -0.4 is 4.74 Å². The summed E-state index contributed by atoms with van der Waals surface area (Å²) in [6.07, 6.45) is 5.18. The van der Waals surface area contributed by atoms with Crippen LogP contribution in [0, 0.1) is 11.6 Å². The van der Waals surface area contributed by atoms with Gasteiger partial charge in [-0.15, -0.1) is 0 Å². The Morgan fingerprint density at radius 3 is 2.49 bits per heavy atom. The summed E-state index contributed by atoms with van der Waals surface area (Å²) < 4.78 is 32.1. The summed E-state index contributed by atoms with van der Waals surface area (Å²) in [4.78, 5) is 28.8. The lowest BCUT2D eigenvalue weighted by atomic mass is 10.0. The van der Waals surface area contributed by atoms with Crippen LogP contribution in [-0.2, 0) is 15.3 Å². The average Bonchev–Trinajstić information content (AvgIpc) is 2.93. The van der Waals surface area contributed by atoms with Crippen molar-refractivity contribution in [3.63, 3.8) is 0 Å². The highest BCUT2D eigenvalue weighted by Crippen LogP contribution is 2.33. The van der Waals surface area contributed by atoms with Crippen LogP contribution in [0.4, 0.5) is 14.5 Å². The van der Waals surface area contributed by atoms with E-state index in [-0.39, 0.29) is 5.75 Å². The number of aliphatic carboxylic acids is 2. The highest BCUT2D eigenvalue weighted by atomic mass is 32.2. The molecule has 0 spiro atoms. The van der Waals surface area contributed by atoms with E-state index in [0.29, 0.717) is 24.8 Å². The maximum Gasteiger partial charge on any atom is 0.328 e. The van der Waals surface area contributed by atoms with Crippen LogP contribution in [-0.4, -0.2) is 76.4 Å². The smallest absolute Gasteiger partial charge is 0.328 e. The number of thioether (sulfide) groups is 1. The minimum Gasteiger partial charge on any atom is -0.490 e. The molecule has 0 aliphatic carbocycles. The van der Waals surface area contributed by atoms with Crippen molar-refractivity contribution in [3.8, 4) is 5.75 Å². The van der Waals surface area contributed by atoms with E-state index in [2.05, 4.69) is 35.0 Å². The fourth-order valence-corrected chi connectivity index (χ4v) is 5.28. The number of benzene rings is 2. The SMILES string of the molecule is CN(C1=Nc2ccccc2CS1)C1CCN(CCCCOc2cc(F)ccc2F)CC1.O=C(O)/C=C/C(=O)O. The number of piperidine rings is 1. The Balaban J connectivity index is 0.000000459. The van der Waals surface area contributed by atoms with Gasteiger partial charge in [-0.05, 0) is 56.0 Å². The molecule has 0 bridgehead atoms. The van der Waals surface area contributed by atoms with Crippen molar-refractivity contribution in [1.82, 2.24) is 9.80 Å². The van der Waals surface area contributed by atoms with Gasteiger partial charge in [0.1, 0.15) is 5.82 Å². The molecule has 8 nitrogen and oxygen atoms in total. The van der Waals surface area contributed by atoms with Crippen LogP contribution in [0.1, 0.15) is 31.2 Å². The molecule has 2 N–H and O–H groups in total. The lowest BCUT2D eigenvalue weighted by Crippen LogP contribution is -2.45. The third kappa shape index (κ3) is 9.99. The standard InChI is InChI=1S/C24H29F2N3OS.C4H4O4/c1-28(24-27-22-7-3-2-6-18(22)17-31-24)20-10-13-29(14-11-20)12-4-5-15-30-23-16-19(25)8-9-21(23)26;5-3(6)1-2-4(7)8/h2-3,6-9,16,20H,4-5,10-15,17H2,1H3;1-2H,(H,5,6)(H,7,8)/b;2-1+. The number of halogens is 2. The second kappa shape index (κ2) is 15.2. The zero-order valence-electron chi connectivity index (χ0n) is 21.8. The number of amidine groups is 1. The first-order valence-corrected chi connectivity index (χ1v) is 13.7. The Kier molecular flexibility index (Phi) is 11.8. The van der Waals surface area contributed by atoms with Crippen molar-refractivity contribution < 1.29 is 33.3 Å². The Hall–Kier alpha value is -3.44. The van der Waals surface area contributed by atoms with Crippen LogP contribution >= 0.6 is 11.8 Å². The number of carboxylic acid groups (broad SMARTS) is 2. The van der Waals surface area contributed by atoms with Gasteiger partial charge in [0, 0.05) is 50.2 Å². The van der Waals surface area contributed by atoms with Crippen LogP contribution in [0.15, 0.2) is 59.6 Å². The summed E-state index contributed by atoms with van der Waals surface area (Å²) >= 11 is 1.83. The Bertz CT molecular complexity index is 1170. The van der Waals surface area contributed by atoms with E-state index >= 15 is 0 Å². The zero-order valence-corrected chi connectivity index (χ0v) is 22.6. The number of para-hydroxylation sites is 1.